The predicted molar refractivity (Wildman–Crippen MR) is 67.1 cm³/mol. The maximum absolute atomic E-state index is 12.0. The van der Waals surface area contributed by atoms with Gasteiger partial charge in [-0.2, -0.15) is 0 Å². The van der Waals surface area contributed by atoms with Crippen molar-refractivity contribution in [2.45, 2.75) is 33.3 Å². The lowest BCUT2D eigenvalue weighted by Gasteiger charge is -2.17. The molecule has 90 valence electrons. The highest BCUT2D eigenvalue weighted by Crippen LogP contribution is 2.23. The van der Waals surface area contributed by atoms with E-state index in [0.717, 1.165) is 11.3 Å². The lowest BCUT2D eigenvalue weighted by Crippen LogP contribution is -2.32. The molecule has 0 saturated carbocycles. The van der Waals surface area contributed by atoms with Crippen LogP contribution >= 0.6 is 11.3 Å². The number of nitrogens with zero attached hydrogens (tertiary/aromatic N) is 1. The van der Waals surface area contributed by atoms with Crippen LogP contribution in [0.25, 0.3) is 0 Å². The van der Waals surface area contributed by atoms with Crippen LogP contribution in [0.2, 0.25) is 0 Å². The Bertz CT molecular complexity index is 371. The second kappa shape index (κ2) is 5.46. The van der Waals surface area contributed by atoms with E-state index in [2.05, 4.69) is 6.92 Å². The Morgan fingerprint density at radius 1 is 1.62 bits per heavy atom. The number of rotatable bonds is 4. The Balaban J connectivity index is 2.79. The summed E-state index contributed by atoms with van der Waals surface area (Å²) in [6, 6.07) is 1.93. The van der Waals surface area contributed by atoms with E-state index >= 15 is 0 Å². The topological polar surface area (TPSA) is 40.5 Å². The second-order valence-electron chi connectivity index (χ2n) is 4.11. The standard InChI is InChI=1S/C12H19NO2S/c1-5-10-8(2)6-11(16-10)12(15)13(4)7-9(3)14/h6,9,14H,5,7H2,1-4H3. The van der Waals surface area contributed by atoms with Crippen molar-refractivity contribution in [3.63, 3.8) is 0 Å². The van der Waals surface area contributed by atoms with Crippen molar-refractivity contribution >= 4 is 17.2 Å². The molecular formula is C12H19NO2S. The molecule has 1 N–H and O–H groups in total. The number of thiophene rings is 1. The van der Waals surface area contributed by atoms with Gasteiger partial charge in [0.25, 0.3) is 5.91 Å². The summed E-state index contributed by atoms with van der Waals surface area (Å²) in [5, 5.41) is 9.23. The van der Waals surface area contributed by atoms with E-state index in [1.807, 2.05) is 13.0 Å². The molecular weight excluding hydrogens is 222 g/mol. The van der Waals surface area contributed by atoms with Gasteiger partial charge in [-0.25, -0.2) is 0 Å². The third-order valence-electron chi connectivity index (χ3n) is 2.44. The summed E-state index contributed by atoms with van der Waals surface area (Å²) in [6.45, 7) is 6.17. The first-order valence-electron chi connectivity index (χ1n) is 5.48. The Morgan fingerprint density at radius 2 is 2.25 bits per heavy atom. The van der Waals surface area contributed by atoms with Crippen LogP contribution in [-0.2, 0) is 6.42 Å². The van der Waals surface area contributed by atoms with Crippen molar-refractivity contribution in [3.8, 4) is 0 Å². The van der Waals surface area contributed by atoms with Crippen LogP contribution in [0.15, 0.2) is 6.07 Å². The van der Waals surface area contributed by atoms with E-state index in [9.17, 15) is 9.90 Å². The summed E-state index contributed by atoms with van der Waals surface area (Å²) in [4.78, 5) is 15.6. The number of carbonyl (C=O) groups is 1. The molecule has 1 aromatic heterocycles. The molecule has 1 unspecified atom stereocenters. The SMILES string of the molecule is CCc1sc(C(=O)N(C)CC(C)O)cc1C. The molecule has 1 rings (SSSR count). The van der Waals surface area contributed by atoms with Gasteiger partial charge in [0.2, 0.25) is 0 Å². The van der Waals surface area contributed by atoms with Crippen LogP contribution in [-0.4, -0.2) is 35.6 Å². The van der Waals surface area contributed by atoms with Crippen LogP contribution in [0, 0.1) is 6.92 Å². The quantitative estimate of drug-likeness (QED) is 0.876. The third-order valence-corrected chi connectivity index (χ3v) is 3.81. The fourth-order valence-electron chi connectivity index (χ4n) is 1.64. The van der Waals surface area contributed by atoms with Gasteiger partial charge in [0.15, 0.2) is 0 Å². The first-order chi connectivity index (χ1) is 7.45. The van der Waals surface area contributed by atoms with E-state index < -0.39 is 6.10 Å². The predicted octanol–water partition coefficient (Wildman–Crippen LogP) is 2.07. The highest BCUT2D eigenvalue weighted by atomic mass is 32.1. The number of likely N-dealkylation sites (N-methyl/N-ethyl adjacent to an activating group) is 1. The lowest BCUT2D eigenvalue weighted by atomic mass is 10.2. The van der Waals surface area contributed by atoms with Gasteiger partial charge in [-0.05, 0) is 31.9 Å². The zero-order valence-electron chi connectivity index (χ0n) is 10.3. The molecule has 0 aromatic carbocycles. The number of aliphatic hydroxyl groups is 1. The van der Waals surface area contributed by atoms with Crippen LogP contribution in [0.5, 0.6) is 0 Å². The molecule has 1 aromatic rings. The first kappa shape index (κ1) is 13.2. The normalized spacial score (nSPS) is 12.6. The van der Waals surface area contributed by atoms with Gasteiger partial charge in [0.05, 0.1) is 11.0 Å². The average molecular weight is 241 g/mol. The van der Waals surface area contributed by atoms with Crippen molar-refractivity contribution in [1.29, 1.82) is 0 Å². The summed E-state index contributed by atoms with van der Waals surface area (Å²) in [5.41, 5.74) is 1.18. The molecule has 0 aliphatic heterocycles. The Kier molecular flexibility index (Phi) is 4.50. The summed E-state index contributed by atoms with van der Waals surface area (Å²) in [5.74, 6) is -0.00583. The molecule has 1 amide bonds. The molecule has 4 heteroatoms. The van der Waals surface area contributed by atoms with Crippen LogP contribution in [0.4, 0.5) is 0 Å². The van der Waals surface area contributed by atoms with Crippen molar-refractivity contribution in [2.24, 2.45) is 0 Å². The smallest absolute Gasteiger partial charge is 0.263 e. The van der Waals surface area contributed by atoms with Crippen LogP contribution < -0.4 is 0 Å². The number of aliphatic hydroxyl groups excluding tert-OH is 1. The minimum Gasteiger partial charge on any atom is -0.392 e. The minimum atomic E-state index is -0.486. The first-order valence-corrected chi connectivity index (χ1v) is 6.30. The van der Waals surface area contributed by atoms with Crippen molar-refractivity contribution in [3.05, 3.63) is 21.4 Å². The van der Waals surface area contributed by atoms with E-state index in [1.165, 1.54) is 10.4 Å². The molecule has 3 nitrogen and oxygen atoms in total. The number of carbonyl (C=O) groups excluding carboxylic acids is 1. The van der Waals surface area contributed by atoms with Crippen LogP contribution in [0.1, 0.15) is 34.0 Å². The molecule has 0 aliphatic carbocycles. The van der Waals surface area contributed by atoms with Crippen molar-refractivity contribution in [1.82, 2.24) is 4.90 Å². The lowest BCUT2D eigenvalue weighted by molar-refractivity contribution is 0.0708. The van der Waals surface area contributed by atoms with E-state index in [1.54, 1.807) is 30.2 Å². The summed E-state index contributed by atoms with van der Waals surface area (Å²) < 4.78 is 0. The van der Waals surface area contributed by atoms with Gasteiger partial charge >= 0.3 is 0 Å². The Morgan fingerprint density at radius 3 is 2.69 bits per heavy atom. The third kappa shape index (κ3) is 3.06. The monoisotopic (exact) mass is 241 g/mol. The van der Waals surface area contributed by atoms with Gasteiger partial charge in [-0.15, -0.1) is 11.3 Å². The van der Waals surface area contributed by atoms with E-state index in [4.69, 9.17) is 0 Å². The highest BCUT2D eigenvalue weighted by Gasteiger charge is 2.16. The van der Waals surface area contributed by atoms with E-state index in [0.29, 0.717) is 6.54 Å². The summed E-state index contributed by atoms with van der Waals surface area (Å²) in [6.07, 6.45) is 0.477. The fourth-order valence-corrected chi connectivity index (χ4v) is 2.75. The number of aryl methyl sites for hydroxylation is 2. The summed E-state index contributed by atoms with van der Waals surface area (Å²) >= 11 is 1.55. The van der Waals surface area contributed by atoms with Crippen molar-refractivity contribution in [2.75, 3.05) is 13.6 Å². The molecule has 0 saturated heterocycles. The largest absolute Gasteiger partial charge is 0.392 e. The number of hydrogen-bond donors (Lipinski definition) is 1. The molecule has 0 radical (unpaired) electrons. The van der Waals surface area contributed by atoms with Gasteiger partial charge in [-0.3, -0.25) is 4.79 Å². The minimum absolute atomic E-state index is 0.00583. The maximum atomic E-state index is 12.0. The zero-order valence-corrected chi connectivity index (χ0v) is 11.1. The fraction of sp³-hybridized carbons (Fsp3) is 0.583. The zero-order chi connectivity index (χ0) is 12.3. The van der Waals surface area contributed by atoms with Gasteiger partial charge in [-0.1, -0.05) is 6.92 Å². The van der Waals surface area contributed by atoms with Gasteiger partial charge in [0, 0.05) is 18.5 Å². The summed E-state index contributed by atoms with van der Waals surface area (Å²) in [7, 11) is 1.72. The molecule has 0 aliphatic rings. The van der Waals surface area contributed by atoms with E-state index in [-0.39, 0.29) is 5.91 Å². The Hall–Kier alpha value is -0.870. The molecule has 0 spiro atoms. The molecule has 1 heterocycles. The van der Waals surface area contributed by atoms with Crippen molar-refractivity contribution < 1.29 is 9.90 Å². The molecule has 16 heavy (non-hydrogen) atoms. The maximum Gasteiger partial charge on any atom is 0.263 e. The highest BCUT2D eigenvalue weighted by molar-refractivity contribution is 7.14. The molecule has 0 bridgehead atoms. The molecule has 0 fully saturated rings. The van der Waals surface area contributed by atoms with Gasteiger partial charge in [0.1, 0.15) is 0 Å². The van der Waals surface area contributed by atoms with Crippen LogP contribution in [0.3, 0.4) is 0 Å². The second-order valence-corrected chi connectivity index (χ2v) is 5.24. The molecule has 1 atom stereocenters. The number of amides is 1. The number of hydrogen-bond acceptors (Lipinski definition) is 3. The Labute approximate surface area is 101 Å². The van der Waals surface area contributed by atoms with Gasteiger partial charge < -0.3 is 10.0 Å². The average Bonchev–Trinajstić information content (AvgIpc) is 2.57.